The number of rotatable bonds is 1. The lowest BCUT2D eigenvalue weighted by molar-refractivity contribution is 0.0981. The van der Waals surface area contributed by atoms with E-state index >= 15 is 0 Å². The monoisotopic (exact) mass is 279 g/mol. The van der Waals surface area contributed by atoms with E-state index in [1.165, 1.54) is 16.7 Å². The molecule has 1 heterocycles. The first-order valence-electron chi connectivity index (χ1n) is 7.48. The van der Waals surface area contributed by atoms with Gasteiger partial charge in [0, 0.05) is 17.3 Å². The number of carbonyl (C=O) groups excluding carboxylic acids is 1. The third kappa shape index (κ3) is 2.25. The van der Waals surface area contributed by atoms with Crippen LogP contribution in [0.3, 0.4) is 0 Å². The predicted octanol–water partition coefficient (Wildman–Crippen LogP) is 4.20. The van der Waals surface area contributed by atoms with Crippen molar-refractivity contribution in [2.75, 3.05) is 4.90 Å². The maximum absolute atomic E-state index is 13.0. The lowest BCUT2D eigenvalue weighted by atomic mass is 9.99. The fourth-order valence-electron chi connectivity index (χ4n) is 3.20. The largest absolute Gasteiger partial charge is 0.305 e. The van der Waals surface area contributed by atoms with Gasteiger partial charge in [-0.3, -0.25) is 4.79 Å². The Morgan fingerprint density at radius 1 is 1.05 bits per heavy atom. The van der Waals surface area contributed by atoms with Crippen LogP contribution in [-0.2, 0) is 6.42 Å². The van der Waals surface area contributed by atoms with E-state index in [1.807, 2.05) is 36.1 Å². The fourth-order valence-corrected chi connectivity index (χ4v) is 3.20. The highest BCUT2D eigenvalue weighted by atomic mass is 16.2. The summed E-state index contributed by atoms with van der Waals surface area (Å²) in [4.78, 5) is 15.0. The van der Waals surface area contributed by atoms with Gasteiger partial charge in [0.1, 0.15) is 0 Å². The van der Waals surface area contributed by atoms with Gasteiger partial charge in [-0.15, -0.1) is 0 Å². The molecule has 0 fully saturated rings. The second kappa shape index (κ2) is 5.03. The molecule has 0 aliphatic carbocycles. The summed E-state index contributed by atoms with van der Waals surface area (Å²) in [5, 5.41) is 0. The molecule has 3 rings (SSSR count). The molecule has 1 aliphatic rings. The maximum Gasteiger partial charge on any atom is 0.258 e. The number of fused-ring (bicyclic) bond motifs is 1. The van der Waals surface area contributed by atoms with E-state index in [4.69, 9.17) is 0 Å². The van der Waals surface area contributed by atoms with Crippen LogP contribution in [0.4, 0.5) is 5.69 Å². The first kappa shape index (κ1) is 13.9. The summed E-state index contributed by atoms with van der Waals surface area (Å²) in [5.74, 6) is 0.119. The van der Waals surface area contributed by atoms with Crippen LogP contribution in [0.5, 0.6) is 0 Å². The van der Waals surface area contributed by atoms with Gasteiger partial charge in [0.15, 0.2) is 0 Å². The highest BCUT2D eigenvalue weighted by Gasteiger charge is 2.31. The minimum Gasteiger partial charge on any atom is -0.305 e. The van der Waals surface area contributed by atoms with E-state index in [2.05, 4.69) is 32.9 Å². The zero-order valence-corrected chi connectivity index (χ0v) is 13.1. The molecule has 2 aromatic rings. The number of hydrogen-bond acceptors (Lipinski definition) is 1. The van der Waals surface area contributed by atoms with Crippen molar-refractivity contribution >= 4 is 11.6 Å². The Balaban J connectivity index is 2.05. The first-order valence-corrected chi connectivity index (χ1v) is 7.48. The van der Waals surface area contributed by atoms with Gasteiger partial charge in [0.2, 0.25) is 0 Å². The Morgan fingerprint density at radius 2 is 1.71 bits per heavy atom. The van der Waals surface area contributed by atoms with Crippen molar-refractivity contribution in [1.82, 2.24) is 0 Å². The second-order valence-electron chi connectivity index (χ2n) is 6.11. The van der Waals surface area contributed by atoms with Crippen LogP contribution in [0.1, 0.15) is 39.5 Å². The van der Waals surface area contributed by atoms with Gasteiger partial charge in [0.25, 0.3) is 5.91 Å². The summed E-state index contributed by atoms with van der Waals surface area (Å²) in [6, 6.07) is 12.6. The van der Waals surface area contributed by atoms with Crippen molar-refractivity contribution in [3.8, 4) is 0 Å². The molecule has 1 atom stereocenters. The number of hydrogen-bond donors (Lipinski definition) is 0. The van der Waals surface area contributed by atoms with E-state index in [0.717, 1.165) is 23.2 Å². The SMILES string of the molecule is Cc1cc(C)c(C(=O)N2c3ccccc3C[C@H]2C)cc1C. The van der Waals surface area contributed by atoms with E-state index in [9.17, 15) is 4.79 Å². The van der Waals surface area contributed by atoms with Crippen LogP contribution in [0.15, 0.2) is 36.4 Å². The van der Waals surface area contributed by atoms with Crippen molar-refractivity contribution in [3.05, 3.63) is 64.2 Å². The molecule has 0 N–H and O–H groups in total. The molecule has 1 aliphatic heterocycles. The summed E-state index contributed by atoms with van der Waals surface area (Å²) in [5.41, 5.74) is 6.61. The van der Waals surface area contributed by atoms with Crippen molar-refractivity contribution in [1.29, 1.82) is 0 Å². The molecular formula is C19H21NO. The zero-order valence-electron chi connectivity index (χ0n) is 13.1. The first-order chi connectivity index (χ1) is 9.99. The van der Waals surface area contributed by atoms with Gasteiger partial charge >= 0.3 is 0 Å². The van der Waals surface area contributed by atoms with Gasteiger partial charge in [-0.2, -0.15) is 0 Å². The molecular weight excluding hydrogens is 258 g/mol. The van der Waals surface area contributed by atoms with Gasteiger partial charge in [-0.25, -0.2) is 0 Å². The number of amides is 1. The molecule has 0 saturated heterocycles. The lowest BCUT2D eigenvalue weighted by Crippen LogP contribution is -2.36. The van der Waals surface area contributed by atoms with Gasteiger partial charge in [-0.05, 0) is 68.5 Å². The number of para-hydroxylation sites is 1. The van der Waals surface area contributed by atoms with E-state index < -0.39 is 0 Å². The Hall–Kier alpha value is -2.09. The number of carbonyl (C=O) groups is 1. The molecule has 2 heteroatoms. The minimum absolute atomic E-state index is 0.119. The van der Waals surface area contributed by atoms with Crippen LogP contribution >= 0.6 is 0 Å². The van der Waals surface area contributed by atoms with Gasteiger partial charge < -0.3 is 4.90 Å². The van der Waals surface area contributed by atoms with Gasteiger partial charge in [0.05, 0.1) is 0 Å². The molecule has 21 heavy (non-hydrogen) atoms. The van der Waals surface area contributed by atoms with Crippen LogP contribution in [0, 0.1) is 20.8 Å². The third-order valence-corrected chi connectivity index (χ3v) is 4.50. The maximum atomic E-state index is 13.0. The summed E-state index contributed by atoms with van der Waals surface area (Å²) >= 11 is 0. The molecule has 0 unspecified atom stereocenters. The molecule has 0 bridgehead atoms. The fraction of sp³-hybridized carbons (Fsp3) is 0.316. The molecule has 1 amide bonds. The van der Waals surface area contributed by atoms with E-state index in [1.54, 1.807) is 0 Å². The molecule has 0 saturated carbocycles. The van der Waals surface area contributed by atoms with Crippen LogP contribution < -0.4 is 4.90 Å². The summed E-state index contributed by atoms with van der Waals surface area (Å²) in [7, 11) is 0. The van der Waals surface area contributed by atoms with Crippen LogP contribution in [0.2, 0.25) is 0 Å². The van der Waals surface area contributed by atoms with Crippen molar-refractivity contribution in [2.24, 2.45) is 0 Å². The highest BCUT2D eigenvalue weighted by Crippen LogP contribution is 2.33. The average molecular weight is 279 g/mol. The topological polar surface area (TPSA) is 20.3 Å². The average Bonchev–Trinajstić information content (AvgIpc) is 2.78. The molecule has 0 radical (unpaired) electrons. The number of benzene rings is 2. The summed E-state index contributed by atoms with van der Waals surface area (Å²) in [6.45, 7) is 8.29. The smallest absolute Gasteiger partial charge is 0.258 e. The van der Waals surface area contributed by atoms with Crippen molar-refractivity contribution in [3.63, 3.8) is 0 Å². The van der Waals surface area contributed by atoms with Crippen LogP contribution in [-0.4, -0.2) is 11.9 Å². The van der Waals surface area contributed by atoms with Crippen molar-refractivity contribution in [2.45, 2.75) is 40.2 Å². The van der Waals surface area contributed by atoms with E-state index in [0.29, 0.717) is 0 Å². The molecule has 0 aromatic heterocycles. The Kier molecular flexibility index (Phi) is 3.32. The second-order valence-corrected chi connectivity index (χ2v) is 6.11. The number of anilines is 1. The minimum atomic E-state index is 0.119. The quantitative estimate of drug-likeness (QED) is 0.766. The predicted molar refractivity (Wildman–Crippen MR) is 87.1 cm³/mol. The summed E-state index contributed by atoms with van der Waals surface area (Å²) < 4.78 is 0. The standard InChI is InChI=1S/C19H21NO/c1-12-9-14(3)17(10-13(12)2)19(21)20-15(4)11-16-7-5-6-8-18(16)20/h5-10,15H,11H2,1-4H3/t15-/m1/s1. The Morgan fingerprint density at radius 3 is 2.48 bits per heavy atom. The van der Waals surface area contributed by atoms with E-state index in [-0.39, 0.29) is 11.9 Å². The highest BCUT2D eigenvalue weighted by molar-refractivity contribution is 6.08. The summed E-state index contributed by atoms with van der Waals surface area (Å²) in [6.07, 6.45) is 0.936. The molecule has 0 spiro atoms. The Labute approximate surface area is 126 Å². The molecule has 2 aromatic carbocycles. The Bertz CT molecular complexity index is 718. The lowest BCUT2D eigenvalue weighted by Gasteiger charge is -2.24. The normalized spacial score (nSPS) is 17.0. The molecule has 108 valence electrons. The third-order valence-electron chi connectivity index (χ3n) is 4.50. The number of nitrogens with zero attached hydrogens (tertiary/aromatic N) is 1. The van der Waals surface area contributed by atoms with Crippen molar-refractivity contribution < 1.29 is 4.79 Å². The van der Waals surface area contributed by atoms with Crippen LogP contribution in [0.25, 0.3) is 0 Å². The molecule has 2 nitrogen and oxygen atoms in total. The zero-order chi connectivity index (χ0) is 15.1. The van der Waals surface area contributed by atoms with Gasteiger partial charge in [-0.1, -0.05) is 24.3 Å². The number of aryl methyl sites for hydroxylation is 3.